The number of fused-ring (bicyclic) bond motifs is 1. The number of carbonyl (C=O) groups excluding carboxylic acids is 3. The molecule has 2 aromatic rings. The Morgan fingerprint density at radius 1 is 1.03 bits per heavy atom. The van der Waals surface area contributed by atoms with Crippen LogP contribution in [0.3, 0.4) is 0 Å². The minimum atomic E-state index is -0.497. The van der Waals surface area contributed by atoms with Crippen molar-refractivity contribution in [1.29, 1.82) is 0 Å². The first-order valence-electron chi connectivity index (χ1n) is 10.1. The first-order chi connectivity index (χ1) is 14.9. The van der Waals surface area contributed by atoms with Crippen molar-refractivity contribution in [2.24, 2.45) is 0 Å². The van der Waals surface area contributed by atoms with Crippen LogP contribution in [-0.2, 0) is 27.3 Å². The van der Waals surface area contributed by atoms with Gasteiger partial charge in [-0.1, -0.05) is 0 Å². The highest BCUT2D eigenvalue weighted by Gasteiger charge is 2.43. The Bertz CT molecular complexity index is 1030. The second-order valence-electron chi connectivity index (χ2n) is 7.71. The molecule has 0 spiro atoms. The molecule has 1 N–H and O–H groups in total. The van der Waals surface area contributed by atoms with Crippen LogP contribution in [0.1, 0.15) is 24.5 Å². The monoisotopic (exact) mass is 423 g/mol. The molecule has 3 amide bonds. The molecule has 0 radical (unpaired) electrons. The van der Waals surface area contributed by atoms with Gasteiger partial charge >= 0.3 is 0 Å². The quantitative estimate of drug-likeness (QED) is 0.743. The summed E-state index contributed by atoms with van der Waals surface area (Å²) in [6, 6.07) is 10.1. The van der Waals surface area contributed by atoms with E-state index in [-0.39, 0.29) is 24.1 Å². The molecule has 1 saturated heterocycles. The van der Waals surface area contributed by atoms with E-state index < -0.39 is 6.04 Å². The van der Waals surface area contributed by atoms with Crippen molar-refractivity contribution >= 4 is 29.1 Å². The molecule has 162 valence electrons. The van der Waals surface area contributed by atoms with E-state index in [9.17, 15) is 14.4 Å². The Hall–Kier alpha value is -3.39. The van der Waals surface area contributed by atoms with Crippen LogP contribution in [0, 0.1) is 0 Å². The Kier molecular flexibility index (Phi) is 5.65. The predicted octanol–water partition coefficient (Wildman–Crippen LogP) is 2.35. The Morgan fingerprint density at radius 2 is 1.68 bits per heavy atom. The first kappa shape index (κ1) is 20.9. The molecule has 1 fully saturated rings. The van der Waals surface area contributed by atoms with Crippen molar-refractivity contribution in [2.75, 3.05) is 31.0 Å². The van der Waals surface area contributed by atoms with Crippen LogP contribution in [0.2, 0.25) is 0 Å². The van der Waals surface area contributed by atoms with Crippen molar-refractivity contribution in [3.05, 3.63) is 47.5 Å². The van der Waals surface area contributed by atoms with Gasteiger partial charge in [-0.3, -0.25) is 19.3 Å². The third-order valence-corrected chi connectivity index (χ3v) is 5.76. The fourth-order valence-corrected chi connectivity index (χ4v) is 4.24. The summed E-state index contributed by atoms with van der Waals surface area (Å²) in [5.74, 6) is 0.718. The number of nitrogens with zero attached hydrogens (tertiary/aromatic N) is 2. The highest BCUT2D eigenvalue weighted by molar-refractivity contribution is 6.22. The summed E-state index contributed by atoms with van der Waals surface area (Å²) in [5.41, 5.74) is 3.36. The highest BCUT2D eigenvalue weighted by Crippen LogP contribution is 2.35. The average Bonchev–Trinajstić information content (AvgIpc) is 3.06. The standard InChI is InChI=1S/C23H25N3O5/c1-14(27)24-17-4-6-18(7-5-17)26-22(28)12-19(23(26)29)25-9-8-15-10-20(30-2)21(31-3)11-16(15)13-25/h4-7,10-11,19H,8-9,12-13H2,1-3H3,(H,24,27). The Morgan fingerprint density at radius 3 is 2.29 bits per heavy atom. The fraction of sp³-hybridized carbons (Fsp3) is 0.348. The highest BCUT2D eigenvalue weighted by atomic mass is 16.5. The number of anilines is 2. The van der Waals surface area contributed by atoms with Gasteiger partial charge in [0.25, 0.3) is 5.91 Å². The number of rotatable bonds is 5. The van der Waals surface area contributed by atoms with Gasteiger partial charge in [0.1, 0.15) is 0 Å². The molecule has 1 unspecified atom stereocenters. The molecule has 0 aromatic heterocycles. The van der Waals surface area contributed by atoms with E-state index in [0.29, 0.717) is 36.0 Å². The van der Waals surface area contributed by atoms with E-state index in [0.717, 1.165) is 17.5 Å². The third-order valence-electron chi connectivity index (χ3n) is 5.76. The molecule has 2 aromatic carbocycles. The Balaban J connectivity index is 1.52. The van der Waals surface area contributed by atoms with E-state index in [1.807, 2.05) is 12.1 Å². The van der Waals surface area contributed by atoms with Crippen molar-refractivity contribution in [1.82, 2.24) is 4.90 Å². The van der Waals surface area contributed by atoms with Gasteiger partial charge in [0.05, 0.1) is 32.4 Å². The molecule has 2 heterocycles. The van der Waals surface area contributed by atoms with Gasteiger partial charge in [0.2, 0.25) is 11.8 Å². The van der Waals surface area contributed by atoms with Crippen LogP contribution in [0.25, 0.3) is 0 Å². The van der Waals surface area contributed by atoms with E-state index in [1.165, 1.54) is 11.8 Å². The van der Waals surface area contributed by atoms with E-state index in [1.54, 1.807) is 38.5 Å². The summed E-state index contributed by atoms with van der Waals surface area (Å²) in [7, 11) is 3.21. The minimum absolute atomic E-state index is 0.148. The maximum atomic E-state index is 13.2. The maximum absolute atomic E-state index is 13.2. The first-order valence-corrected chi connectivity index (χ1v) is 10.1. The van der Waals surface area contributed by atoms with Crippen LogP contribution in [-0.4, -0.2) is 49.4 Å². The van der Waals surface area contributed by atoms with E-state index in [4.69, 9.17) is 9.47 Å². The van der Waals surface area contributed by atoms with E-state index in [2.05, 4.69) is 10.2 Å². The number of benzene rings is 2. The minimum Gasteiger partial charge on any atom is -0.493 e. The largest absolute Gasteiger partial charge is 0.493 e. The van der Waals surface area contributed by atoms with Crippen LogP contribution >= 0.6 is 0 Å². The number of hydrogen-bond acceptors (Lipinski definition) is 6. The van der Waals surface area contributed by atoms with Gasteiger partial charge in [0, 0.05) is 25.7 Å². The van der Waals surface area contributed by atoms with Gasteiger partial charge < -0.3 is 14.8 Å². The number of nitrogens with one attached hydrogen (secondary N) is 1. The predicted molar refractivity (Wildman–Crippen MR) is 115 cm³/mol. The summed E-state index contributed by atoms with van der Waals surface area (Å²) in [5, 5.41) is 2.68. The van der Waals surface area contributed by atoms with Crippen molar-refractivity contribution in [3.63, 3.8) is 0 Å². The molecule has 1 atom stereocenters. The zero-order valence-corrected chi connectivity index (χ0v) is 17.8. The van der Waals surface area contributed by atoms with Crippen LogP contribution in [0.4, 0.5) is 11.4 Å². The topological polar surface area (TPSA) is 88.2 Å². The number of imide groups is 1. The number of methoxy groups -OCH3 is 2. The molecule has 2 aliphatic rings. The normalized spacial score (nSPS) is 18.7. The van der Waals surface area contributed by atoms with Crippen LogP contribution in [0.15, 0.2) is 36.4 Å². The van der Waals surface area contributed by atoms with Crippen LogP contribution < -0.4 is 19.7 Å². The summed E-state index contributed by atoms with van der Waals surface area (Å²) in [4.78, 5) is 40.4. The summed E-state index contributed by atoms with van der Waals surface area (Å²) >= 11 is 0. The molecule has 8 heteroatoms. The summed E-state index contributed by atoms with van der Waals surface area (Å²) in [6.45, 7) is 2.67. The number of hydrogen-bond donors (Lipinski definition) is 1. The zero-order valence-electron chi connectivity index (χ0n) is 17.8. The molecule has 0 aliphatic carbocycles. The summed E-state index contributed by atoms with van der Waals surface area (Å²) < 4.78 is 10.8. The van der Waals surface area contributed by atoms with Gasteiger partial charge in [0.15, 0.2) is 11.5 Å². The van der Waals surface area contributed by atoms with Gasteiger partial charge in [-0.15, -0.1) is 0 Å². The maximum Gasteiger partial charge on any atom is 0.251 e. The molecular weight excluding hydrogens is 398 g/mol. The molecule has 31 heavy (non-hydrogen) atoms. The molecule has 0 bridgehead atoms. The van der Waals surface area contributed by atoms with Crippen molar-refractivity contribution in [3.8, 4) is 11.5 Å². The smallest absolute Gasteiger partial charge is 0.251 e. The van der Waals surface area contributed by atoms with Gasteiger partial charge in [-0.05, 0) is 53.9 Å². The SMILES string of the molecule is COc1cc2c(cc1OC)CN(C1CC(=O)N(c3ccc(NC(C)=O)cc3)C1=O)CC2. The van der Waals surface area contributed by atoms with E-state index >= 15 is 0 Å². The zero-order chi connectivity index (χ0) is 22.1. The molecular formula is C23H25N3O5. The van der Waals surface area contributed by atoms with Gasteiger partial charge in [-0.25, -0.2) is 4.90 Å². The third kappa shape index (κ3) is 3.98. The van der Waals surface area contributed by atoms with Crippen molar-refractivity contribution < 1.29 is 23.9 Å². The second-order valence-corrected chi connectivity index (χ2v) is 7.71. The lowest BCUT2D eigenvalue weighted by atomic mass is 9.97. The lowest BCUT2D eigenvalue weighted by Crippen LogP contribution is -2.44. The van der Waals surface area contributed by atoms with Crippen LogP contribution in [0.5, 0.6) is 11.5 Å². The Labute approximate surface area is 180 Å². The molecule has 8 nitrogen and oxygen atoms in total. The molecule has 0 saturated carbocycles. The number of amides is 3. The fourth-order valence-electron chi connectivity index (χ4n) is 4.24. The number of ether oxygens (including phenoxy) is 2. The molecule has 4 rings (SSSR count). The lowest BCUT2D eigenvalue weighted by Gasteiger charge is -2.32. The number of carbonyl (C=O) groups is 3. The average molecular weight is 423 g/mol. The second kappa shape index (κ2) is 8.39. The summed E-state index contributed by atoms with van der Waals surface area (Å²) in [6.07, 6.45) is 0.911. The van der Waals surface area contributed by atoms with Gasteiger partial charge in [-0.2, -0.15) is 0 Å². The van der Waals surface area contributed by atoms with Crippen molar-refractivity contribution in [2.45, 2.75) is 32.4 Å². The molecule has 2 aliphatic heterocycles. The lowest BCUT2D eigenvalue weighted by molar-refractivity contribution is -0.123.